The molecule has 3 aromatic rings. The molecule has 0 saturated carbocycles. The molecule has 0 bridgehead atoms. The second kappa shape index (κ2) is 11.1. The average Bonchev–Trinajstić information content (AvgIpc) is 3.31. The van der Waals surface area contributed by atoms with Gasteiger partial charge in [-0.25, -0.2) is 4.79 Å². The average molecular weight is 408 g/mol. The van der Waals surface area contributed by atoms with Crippen LogP contribution in [0.25, 0.3) is 11.5 Å². The van der Waals surface area contributed by atoms with Crippen LogP contribution in [0.1, 0.15) is 37.8 Å². The van der Waals surface area contributed by atoms with Gasteiger partial charge < -0.3 is 15.1 Å². The minimum absolute atomic E-state index is 0.263. The smallest absolute Gasteiger partial charge is 0.319 e. The van der Waals surface area contributed by atoms with Crippen LogP contribution >= 0.6 is 0 Å². The Balaban J connectivity index is 1.53. The lowest BCUT2D eigenvalue weighted by molar-refractivity contribution is 0.251. The monoisotopic (exact) mass is 407 g/mol. The van der Waals surface area contributed by atoms with E-state index in [1.165, 1.54) is 24.8 Å². The van der Waals surface area contributed by atoms with E-state index >= 15 is 0 Å². The highest BCUT2D eigenvalue weighted by atomic mass is 16.4. The summed E-state index contributed by atoms with van der Waals surface area (Å²) in [5.41, 5.74) is 3.75. The lowest BCUT2D eigenvalue weighted by Crippen LogP contribution is -2.28. The summed E-state index contributed by atoms with van der Waals surface area (Å²) in [6.45, 7) is 7.95. The van der Waals surface area contributed by atoms with Gasteiger partial charge in [-0.05, 0) is 48.8 Å². The number of amides is 2. The quantitative estimate of drug-likeness (QED) is 0.510. The Bertz CT molecular complexity index is 927. The minimum atomic E-state index is -0.263. The molecule has 158 valence electrons. The van der Waals surface area contributed by atoms with Gasteiger partial charge in [0.25, 0.3) is 0 Å². The summed E-state index contributed by atoms with van der Waals surface area (Å²) in [6, 6.07) is 15.4. The summed E-state index contributed by atoms with van der Waals surface area (Å²) in [7, 11) is 0. The fourth-order valence-corrected chi connectivity index (χ4v) is 3.21. The highest BCUT2D eigenvalue weighted by Gasteiger charge is 2.08. The highest BCUT2D eigenvalue weighted by Crippen LogP contribution is 2.20. The van der Waals surface area contributed by atoms with E-state index in [0.717, 1.165) is 30.8 Å². The summed E-state index contributed by atoms with van der Waals surface area (Å²) in [5, 5.41) is 13.3. The number of carbonyl (C=O) groups excluding carboxylic acids is 1. The van der Waals surface area contributed by atoms with Crippen LogP contribution in [0.4, 0.5) is 10.5 Å². The standard InChI is InChI=1S/C23H29N5O2/c1-3-5-12-28(4-2)16-19-9-6-8-18(13-19)15-24-23(29)26-21-11-7-10-20(14-21)22-27-25-17-30-22/h6-11,13-14,17H,3-5,12,15-16H2,1-2H3,(H2,24,26,29). The van der Waals surface area contributed by atoms with E-state index in [4.69, 9.17) is 4.42 Å². The number of anilines is 1. The van der Waals surface area contributed by atoms with Gasteiger partial charge in [0.15, 0.2) is 0 Å². The minimum Gasteiger partial charge on any atom is -0.423 e. The van der Waals surface area contributed by atoms with Crippen molar-refractivity contribution in [2.24, 2.45) is 0 Å². The third-order valence-electron chi connectivity index (χ3n) is 4.85. The zero-order chi connectivity index (χ0) is 21.2. The molecule has 0 spiro atoms. The van der Waals surface area contributed by atoms with Crippen molar-refractivity contribution in [3.05, 3.63) is 66.1 Å². The van der Waals surface area contributed by atoms with E-state index in [-0.39, 0.29) is 6.03 Å². The van der Waals surface area contributed by atoms with Crippen molar-refractivity contribution in [2.45, 2.75) is 39.8 Å². The first kappa shape index (κ1) is 21.5. The van der Waals surface area contributed by atoms with Gasteiger partial charge in [0, 0.05) is 24.3 Å². The van der Waals surface area contributed by atoms with Crippen molar-refractivity contribution in [1.82, 2.24) is 20.4 Å². The Labute approximate surface area is 177 Å². The van der Waals surface area contributed by atoms with E-state index in [9.17, 15) is 4.79 Å². The third kappa shape index (κ3) is 6.42. The fourth-order valence-electron chi connectivity index (χ4n) is 3.21. The molecule has 0 fully saturated rings. The first-order chi connectivity index (χ1) is 14.7. The highest BCUT2D eigenvalue weighted by molar-refractivity contribution is 5.89. The van der Waals surface area contributed by atoms with Crippen molar-refractivity contribution in [3.8, 4) is 11.5 Å². The van der Waals surface area contributed by atoms with Gasteiger partial charge in [-0.2, -0.15) is 0 Å². The second-order valence-corrected chi connectivity index (χ2v) is 7.17. The number of nitrogens with one attached hydrogen (secondary N) is 2. The normalized spacial score (nSPS) is 10.9. The topological polar surface area (TPSA) is 83.3 Å². The number of benzene rings is 2. The van der Waals surface area contributed by atoms with Crippen LogP contribution in [-0.2, 0) is 13.1 Å². The van der Waals surface area contributed by atoms with E-state index in [1.54, 1.807) is 6.07 Å². The molecule has 3 rings (SSSR count). The molecule has 0 unspecified atom stereocenters. The van der Waals surface area contributed by atoms with Crippen LogP contribution in [0.5, 0.6) is 0 Å². The number of hydrogen-bond donors (Lipinski definition) is 2. The Morgan fingerprint density at radius 2 is 1.93 bits per heavy atom. The molecule has 0 atom stereocenters. The Kier molecular flexibility index (Phi) is 7.97. The van der Waals surface area contributed by atoms with E-state index in [2.05, 4.69) is 51.7 Å². The molecule has 0 saturated heterocycles. The zero-order valence-electron chi connectivity index (χ0n) is 17.6. The Hall–Kier alpha value is -3.19. The molecule has 2 N–H and O–H groups in total. The van der Waals surface area contributed by atoms with Gasteiger partial charge in [-0.3, -0.25) is 4.90 Å². The van der Waals surface area contributed by atoms with Crippen LogP contribution in [0, 0.1) is 0 Å². The summed E-state index contributed by atoms with van der Waals surface area (Å²) in [4.78, 5) is 14.8. The molecule has 1 aromatic heterocycles. The van der Waals surface area contributed by atoms with E-state index in [1.807, 2.05) is 30.3 Å². The zero-order valence-corrected chi connectivity index (χ0v) is 17.6. The van der Waals surface area contributed by atoms with Gasteiger partial charge >= 0.3 is 6.03 Å². The Morgan fingerprint density at radius 1 is 1.10 bits per heavy atom. The molecule has 2 amide bonds. The number of nitrogens with zero attached hydrogens (tertiary/aromatic N) is 3. The van der Waals surface area contributed by atoms with Crippen LogP contribution < -0.4 is 10.6 Å². The molecule has 7 nitrogen and oxygen atoms in total. The van der Waals surface area contributed by atoms with Crippen LogP contribution in [0.15, 0.2) is 59.3 Å². The Morgan fingerprint density at radius 3 is 2.70 bits per heavy atom. The van der Waals surface area contributed by atoms with Crippen molar-refractivity contribution in [3.63, 3.8) is 0 Å². The molecule has 1 heterocycles. The van der Waals surface area contributed by atoms with E-state index in [0.29, 0.717) is 18.1 Å². The van der Waals surface area contributed by atoms with Gasteiger partial charge in [-0.1, -0.05) is 50.6 Å². The van der Waals surface area contributed by atoms with Crippen LogP contribution in [0.2, 0.25) is 0 Å². The first-order valence-electron chi connectivity index (χ1n) is 10.4. The molecule has 2 aromatic carbocycles. The molecule has 0 radical (unpaired) electrons. The number of aromatic nitrogens is 2. The first-order valence-corrected chi connectivity index (χ1v) is 10.4. The van der Waals surface area contributed by atoms with Crippen molar-refractivity contribution < 1.29 is 9.21 Å². The summed E-state index contributed by atoms with van der Waals surface area (Å²) < 4.78 is 5.20. The molecular weight excluding hydrogens is 378 g/mol. The summed E-state index contributed by atoms with van der Waals surface area (Å²) in [5.74, 6) is 0.413. The van der Waals surface area contributed by atoms with Crippen molar-refractivity contribution in [2.75, 3.05) is 18.4 Å². The molecule has 0 aliphatic carbocycles. The van der Waals surface area contributed by atoms with E-state index < -0.39 is 0 Å². The summed E-state index contributed by atoms with van der Waals surface area (Å²) >= 11 is 0. The maximum Gasteiger partial charge on any atom is 0.319 e. The lowest BCUT2D eigenvalue weighted by Gasteiger charge is -2.20. The molecular formula is C23H29N5O2. The van der Waals surface area contributed by atoms with Crippen molar-refractivity contribution in [1.29, 1.82) is 0 Å². The third-order valence-corrected chi connectivity index (χ3v) is 4.85. The predicted molar refractivity (Wildman–Crippen MR) is 118 cm³/mol. The number of hydrogen-bond acceptors (Lipinski definition) is 5. The largest absolute Gasteiger partial charge is 0.423 e. The van der Waals surface area contributed by atoms with Gasteiger partial charge in [0.05, 0.1) is 0 Å². The lowest BCUT2D eigenvalue weighted by atomic mass is 10.1. The number of carbonyl (C=O) groups is 1. The number of rotatable bonds is 10. The van der Waals surface area contributed by atoms with Crippen molar-refractivity contribution >= 4 is 11.7 Å². The molecule has 0 aliphatic heterocycles. The summed E-state index contributed by atoms with van der Waals surface area (Å²) in [6.07, 6.45) is 3.69. The van der Waals surface area contributed by atoms with Gasteiger partial charge in [0.2, 0.25) is 12.3 Å². The predicted octanol–water partition coefficient (Wildman–Crippen LogP) is 4.68. The molecule has 7 heteroatoms. The number of urea groups is 1. The maximum absolute atomic E-state index is 12.3. The van der Waals surface area contributed by atoms with Crippen LogP contribution in [-0.4, -0.2) is 34.2 Å². The second-order valence-electron chi connectivity index (χ2n) is 7.17. The maximum atomic E-state index is 12.3. The SMILES string of the molecule is CCCCN(CC)Cc1cccc(CNC(=O)Nc2cccc(-c3nnco3)c2)c1. The van der Waals surface area contributed by atoms with Gasteiger partial charge in [0.1, 0.15) is 0 Å². The molecule has 30 heavy (non-hydrogen) atoms. The fraction of sp³-hybridized carbons (Fsp3) is 0.348. The van der Waals surface area contributed by atoms with Gasteiger partial charge in [-0.15, -0.1) is 10.2 Å². The van der Waals surface area contributed by atoms with Crippen LogP contribution in [0.3, 0.4) is 0 Å². The molecule has 0 aliphatic rings. The number of unbranched alkanes of at least 4 members (excludes halogenated alkanes) is 1.